The highest BCUT2D eigenvalue weighted by atomic mass is 35.5. The van der Waals surface area contributed by atoms with E-state index in [4.69, 9.17) is 20.8 Å². The summed E-state index contributed by atoms with van der Waals surface area (Å²) in [7, 11) is 0. The lowest BCUT2D eigenvalue weighted by Gasteiger charge is -2.15. The number of hydrogen-bond donors (Lipinski definition) is 2. The Labute approximate surface area is 185 Å². The fourth-order valence-corrected chi connectivity index (χ4v) is 2.91. The zero-order valence-corrected chi connectivity index (χ0v) is 18.1. The molecule has 0 aliphatic carbocycles. The van der Waals surface area contributed by atoms with Crippen LogP contribution in [0.4, 0.5) is 5.69 Å². The van der Waals surface area contributed by atoms with Gasteiger partial charge in [-0.3, -0.25) is 9.59 Å². The number of hydrazone groups is 1. The second-order valence-electron chi connectivity index (χ2n) is 6.85. The van der Waals surface area contributed by atoms with Gasteiger partial charge in [0, 0.05) is 10.7 Å². The Balaban J connectivity index is 1.56. The summed E-state index contributed by atoms with van der Waals surface area (Å²) in [5, 5.41) is 7.48. The van der Waals surface area contributed by atoms with Crippen molar-refractivity contribution >= 4 is 34.8 Å². The molecule has 0 saturated carbocycles. The Hall–Kier alpha value is -3.58. The predicted octanol–water partition coefficient (Wildman–Crippen LogP) is 4.80. The molecule has 2 N–H and O–H groups in total. The predicted molar refractivity (Wildman–Crippen MR) is 120 cm³/mol. The number of carbonyl (C=O) groups is 2. The Morgan fingerprint density at radius 1 is 1.13 bits per heavy atom. The second-order valence-corrected chi connectivity index (χ2v) is 7.29. The van der Waals surface area contributed by atoms with Crippen LogP contribution in [0.15, 0.2) is 70.4 Å². The van der Waals surface area contributed by atoms with E-state index in [2.05, 4.69) is 15.8 Å². The van der Waals surface area contributed by atoms with E-state index in [0.29, 0.717) is 22.2 Å². The number of furan rings is 1. The average molecular weight is 440 g/mol. The highest BCUT2D eigenvalue weighted by Gasteiger charge is 2.15. The molecule has 0 radical (unpaired) electrons. The van der Waals surface area contributed by atoms with Gasteiger partial charge in [0.2, 0.25) is 0 Å². The van der Waals surface area contributed by atoms with Crippen LogP contribution in [0.1, 0.15) is 35.5 Å². The summed E-state index contributed by atoms with van der Waals surface area (Å²) in [6.07, 6.45) is 0.699. The first kappa shape index (κ1) is 22.1. The summed E-state index contributed by atoms with van der Waals surface area (Å²) in [6, 6.07) is 15.5. The molecule has 1 unspecified atom stereocenters. The molecule has 0 aliphatic heterocycles. The number of halogens is 1. The zero-order chi connectivity index (χ0) is 22.4. The van der Waals surface area contributed by atoms with Crippen molar-refractivity contribution in [3.63, 3.8) is 0 Å². The molecule has 7 nitrogen and oxygen atoms in total. The first-order chi connectivity index (χ1) is 14.8. The topological polar surface area (TPSA) is 92.9 Å². The lowest BCUT2D eigenvalue weighted by atomic mass is 10.1. The Morgan fingerprint density at radius 3 is 2.52 bits per heavy atom. The van der Waals surface area contributed by atoms with Crippen molar-refractivity contribution in [3.8, 4) is 5.75 Å². The van der Waals surface area contributed by atoms with E-state index in [1.54, 1.807) is 68.4 Å². The number of hydrogen-bond acceptors (Lipinski definition) is 5. The van der Waals surface area contributed by atoms with Crippen molar-refractivity contribution in [1.82, 2.24) is 5.43 Å². The molecule has 2 aromatic carbocycles. The van der Waals surface area contributed by atoms with Gasteiger partial charge in [-0.1, -0.05) is 23.7 Å². The molecule has 0 saturated heterocycles. The molecule has 31 heavy (non-hydrogen) atoms. The van der Waals surface area contributed by atoms with Gasteiger partial charge in [-0.2, -0.15) is 5.10 Å². The van der Waals surface area contributed by atoms with Gasteiger partial charge >= 0.3 is 0 Å². The number of nitrogens with zero attached hydrogens (tertiary/aromatic N) is 1. The van der Waals surface area contributed by atoms with Crippen molar-refractivity contribution in [1.29, 1.82) is 0 Å². The summed E-state index contributed by atoms with van der Waals surface area (Å²) in [5.41, 5.74) is 5.36. The molecule has 160 valence electrons. The van der Waals surface area contributed by atoms with Crippen molar-refractivity contribution in [2.24, 2.45) is 5.10 Å². The minimum absolute atomic E-state index is 0.231. The summed E-state index contributed by atoms with van der Waals surface area (Å²) in [6.45, 7) is 5.27. The average Bonchev–Trinajstić information content (AvgIpc) is 3.29. The van der Waals surface area contributed by atoms with E-state index < -0.39 is 6.10 Å². The minimum atomic E-state index is -0.740. The smallest absolute Gasteiger partial charge is 0.291 e. The van der Waals surface area contributed by atoms with Gasteiger partial charge in [0.15, 0.2) is 11.9 Å². The van der Waals surface area contributed by atoms with Crippen LogP contribution >= 0.6 is 11.6 Å². The summed E-state index contributed by atoms with van der Waals surface area (Å²) in [4.78, 5) is 24.3. The molecule has 2 amide bonds. The molecule has 8 heteroatoms. The number of carbonyl (C=O) groups excluding carboxylic acids is 2. The molecule has 0 spiro atoms. The van der Waals surface area contributed by atoms with Crippen LogP contribution in [-0.4, -0.2) is 23.6 Å². The molecule has 3 aromatic rings. The fraction of sp³-hybridized carbons (Fsp3) is 0.174. The summed E-state index contributed by atoms with van der Waals surface area (Å²) < 4.78 is 10.8. The van der Waals surface area contributed by atoms with Gasteiger partial charge < -0.3 is 14.5 Å². The Kier molecular flexibility index (Phi) is 7.10. The number of aryl methyl sites for hydroxylation is 1. The normalized spacial score (nSPS) is 12.2. The summed E-state index contributed by atoms with van der Waals surface area (Å²) in [5.74, 6) is 0.103. The number of anilines is 1. The molecular weight excluding hydrogens is 418 g/mol. The number of benzene rings is 2. The Bertz CT molecular complexity index is 1090. The van der Waals surface area contributed by atoms with Crippen LogP contribution in [0.2, 0.25) is 5.02 Å². The third-order valence-corrected chi connectivity index (χ3v) is 4.68. The summed E-state index contributed by atoms with van der Waals surface area (Å²) >= 11 is 5.94. The molecule has 1 atom stereocenters. The van der Waals surface area contributed by atoms with Crippen molar-refractivity contribution in [2.75, 3.05) is 5.32 Å². The molecule has 1 aromatic heterocycles. The largest absolute Gasteiger partial charge is 0.481 e. The highest BCUT2D eigenvalue weighted by molar-refractivity contribution is 6.30. The van der Waals surface area contributed by atoms with Crippen LogP contribution in [0.25, 0.3) is 0 Å². The monoisotopic (exact) mass is 439 g/mol. The molecular formula is C23H22ClN3O4. The fourth-order valence-electron chi connectivity index (χ4n) is 2.68. The molecule has 0 fully saturated rings. The quantitative estimate of drug-likeness (QED) is 0.408. The van der Waals surface area contributed by atoms with Gasteiger partial charge in [0.1, 0.15) is 5.75 Å². The first-order valence-electron chi connectivity index (χ1n) is 9.55. The van der Waals surface area contributed by atoms with Crippen molar-refractivity contribution in [2.45, 2.75) is 26.9 Å². The third-order valence-electron chi connectivity index (χ3n) is 4.45. The van der Waals surface area contributed by atoms with Crippen molar-refractivity contribution in [3.05, 3.63) is 82.8 Å². The van der Waals surface area contributed by atoms with E-state index in [1.807, 2.05) is 6.92 Å². The van der Waals surface area contributed by atoms with Gasteiger partial charge in [-0.15, -0.1) is 0 Å². The van der Waals surface area contributed by atoms with E-state index >= 15 is 0 Å². The minimum Gasteiger partial charge on any atom is -0.481 e. The lowest BCUT2D eigenvalue weighted by Crippen LogP contribution is -2.34. The maximum atomic E-state index is 12.3. The van der Waals surface area contributed by atoms with Gasteiger partial charge in [-0.25, -0.2) is 5.43 Å². The van der Waals surface area contributed by atoms with Gasteiger partial charge in [-0.05, 0) is 74.4 Å². The molecule has 0 bridgehead atoms. The van der Waals surface area contributed by atoms with Crippen molar-refractivity contribution < 1.29 is 18.7 Å². The molecule has 3 rings (SSSR count). The maximum Gasteiger partial charge on any atom is 0.291 e. The number of rotatable bonds is 7. The van der Waals surface area contributed by atoms with E-state index in [1.165, 1.54) is 6.26 Å². The van der Waals surface area contributed by atoms with Crippen LogP contribution < -0.4 is 15.5 Å². The van der Waals surface area contributed by atoms with Crippen LogP contribution in [-0.2, 0) is 4.79 Å². The second kappa shape index (κ2) is 9.95. The number of ether oxygens (including phenoxy) is 1. The zero-order valence-electron chi connectivity index (χ0n) is 17.3. The first-order valence-corrected chi connectivity index (χ1v) is 9.93. The van der Waals surface area contributed by atoms with Gasteiger partial charge in [0.05, 0.1) is 12.0 Å². The lowest BCUT2D eigenvalue weighted by molar-refractivity contribution is -0.127. The van der Waals surface area contributed by atoms with Crippen LogP contribution in [0, 0.1) is 6.92 Å². The number of amides is 2. The van der Waals surface area contributed by atoms with Crippen LogP contribution in [0.3, 0.4) is 0 Å². The van der Waals surface area contributed by atoms with E-state index in [0.717, 1.165) is 11.1 Å². The highest BCUT2D eigenvalue weighted by Crippen LogP contribution is 2.22. The molecule has 0 aliphatic rings. The van der Waals surface area contributed by atoms with Crippen LogP contribution in [0.5, 0.6) is 5.75 Å². The van der Waals surface area contributed by atoms with E-state index in [9.17, 15) is 9.59 Å². The third kappa shape index (κ3) is 5.96. The Morgan fingerprint density at radius 2 is 1.87 bits per heavy atom. The SMILES string of the molecule is C/C(=N\NC(=O)C(C)Oc1ccc(Cl)cc1C)c1ccc(NC(=O)c2ccco2)cc1. The number of nitrogens with one attached hydrogen (secondary N) is 2. The standard InChI is InChI=1S/C23H22ClN3O4/c1-14-13-18(24)8-11-20(14)31-16(3)22(28)27-26-15(2)17-6-9-19(10-7-17)25-23(29)21-5-4-12-30-21/h4-13,16H,1-3H3,(H,25,29)(H,27,28)/b26-15+. The van der Waals surface area contributed by atoms with Gasteiger partial charge in [0.25, 0.3) is 11.8 Å². The van der Waals surface area contributed by atoms with E-state index in [-0.39, 0.29) is 17.6 Å². The molecule has 1 heterocycles. The maximum absolute atomic E-state index is 12.3.